The molecule has 0 fully saturated rings. The Hall–Kier alpha value is -1.36. The van der Waals surface area contributed by atoms with Crippen LogP contribution in [0.5, 0.6) is 0 Å². The van der Waals surface area contributed by atoms with E-state index in [2.05, 4.69) is 20.9 Å². The molecule has 0 saturated carbocycles. The van der Waals surface area contributed by atoms with Crippen molar-refractivity contribution in [1.29, 1.82) is 0 Å². The number of esters is 1. The van der Waals surface area contributed by atoms with Gasteiger partial charge in [-0.2, -0.15) is 0 Å². The zero-order chi connectivity index (χ0) is 10.8. The summed E-state index contributed by atoms with van der Waals surface area (Å²) < 4.78 is 7.54. The first-order valence-corrected chi connectivity index (χ1v) is 5.32. The smallest absolute Gasteiger partial charge is 0.359 e. The second-order valence-corrected chi connectivity index (χ2v) is 3.73. The van der Waals surface area contributed by atoms with E-state index in [1.165, 1.54) is 0 Å². The first kappa shape index (κ1) is 10.2. The monoisotopic (exact) mass is 268 g/mol. The van der Waals surface area contributed by atoms with E-state index in [9.17, 15) is 4.79 Å². The quantitative estimate of drug-likeness (QED) is 0.620. The molecule has 0 saturated heterocycles. The summed E-state index contributed by atoms with van der Waals surface area (Å²) in [6.07, 6.45) is 1.59. The molecule has 0 aliphatic rings. The van der Waals surface area contributed by atoms with Gasteiger partial charge in [-0.1, -0.05) is 6.07 Å². The maximum atomic E-state index is 11.5. The van der Waals surface area contributed by atoms with Crippen LogP contribution in [0, 0.1) is 0 Å². The van der Waals surface area contributed by atoms with Crippen molar-refractivity contribution in [2.24, 2.45) is 0 Å². The molecule has 0 aliphatic heterocycles. The van der Waals surface area contributed by atoms with E-state index >= 15 is 0 Å². The van der Waals surface area contributed by atoms with E-state index < -0.39 is 5.97 Å². The fraction of sp³-hybridized carbons (Fsp3) is 0.200. The van der Waals surface area contributed by atoms with Crippen LogP contribution in [0.15, 0.2) is 29.1 Å². The van der Waals surface area contributed by atoms with Crippen LogP contribution in [0.2, 0.25) is 0 Å². The predicted octanol–water partition coefficient (Wildman–Crippen LogP) is 2.27. The Morgan fingerprint density at radius 3 is 3.13 bits per heavy atom. The molecule has 2 rings (SSSR count). The molecule has 2 aromatic rings. The number of aromatic nitrogens is 2. The summed E-state index contributed by atoms with van der Waals surface area (Å²) in [5.74, 6) is -0.391. The van der Waals surface area contributed by atoms with Gasteiger partial charge < -0.3 is 4.74 Å². The number of imidazole rings is 1. The number of nitrogens with zero attached hydrogens (tertiary/aromatic N) is 2. The molecule has 5 heteroatoms. The highest BCUT2D eigenvalue weighted by atomic mass is 79.9. The molecule has 0 unspecified atom stereocenters. The molecule has 15 heavy (non-hydrogen) atoms. The summed E-state index contributed by atoms with van der Waals surface area (Å²) in [6.45, 7) is 2.12. The molecule has 0 atom stereocenters. The van der Waals surface area contributed by atoms with Crippen LogP contribution in [0.4, 0.5) is 0 Å². The van der Waals surface area contributed by atoms with E-state index in [1.54, 1.807) is 17.7 Å². The number of fused-ring (bicyclic) bond motifs is 1. The number of hydrogen-bond donors (Lipinski definition) is 0. The van der Waals surface area contributed by atoms with Gasteiger partial charge in [0.05, 0.1) is 16.7 Å². The van der Waals surface area contributed by atoms with Crippen molar-refractivity contribution in [2.75, 3.05) is 6.61 Å². The van der Waals surface area contributed by atoms with Crippen molar-refractivity contribution < 1.29 is 9.53 Å². The Labute approximate surface area is 95.0 Å². The zero-order valence-electron chi connectivity index (χ0n) is 8.11. The number of halogens is 1. The van der Waals surface area contributed by atoms with Crippen molar-refractivity contribution in [2.45, 2.75) is 6.92 Å². The predicted molar refractivity (Wildman–Crippen MR) is 58.8 cm³/mol. The van der Waals surface area contributed by atoms with E-state index in [0.29, 0.717) is 12.3 Å². The molecule has 0 radical (unpaired) electrons. The second kappa shape index (κ2) is 4.02. The maximum absolute atomic E-state index is 11.5. The van der Waals surface area contributed by atoms with Crippen LogP contribution in [0.25, 0.3) is 5.52 Å². The molecule has 0 N–H and O–H groups in total. The second-order valence-electron chi connectivity index (χ2n) is 2.92. The van der Waals surface area contributed by atoms with Gasteiger partial charge in [0.25, 0.3) is 0 Å². The highest BCUT2D eigenvalue weighted by Crippen LogP contribution is 2.16. The van der Waals surface area contributed by atoms with Gasteiger partial charge in [-0.25, -0.2) is 9.78 Å². The summed E-state index contributed by atoms with van der Waals surface area (Å²) in [5.41, 5.74) is 1.08. The van der Waals surface area contributed by atoms with Crippen LogP contribution in [0.1, 0.15) is 17.4 Å². The highest BCUT2D eigenvalue weighted by molar-refractivity contribution is 9.10. The normalized spacial score (nSPS) is 10.5. The minimum Gasteiger partial charge on any atom is -0.461 e. The summed E-state index contributed by atoms with van der Waals surface area (Å²) in [5, 5.41) is 0. The first-order valence-electron chi connectivity index (χ1n) is 4.52. The number of ether oxygens (including phenoxy) is 1. The van der Waals surface area contributed by atoms with Gasteiger partial charge in [-0.15, -0.1) is 0 Å². The maximum Gasteiger partial charge on any atom is 0.359 e. The van der Waals surface area contributed by atoms with E-state index in [-0.39, 0.29) is 0 Å². The van der Waals surface area contributed by atoms with Gasteiger partial charge >= 0.3 is 5.97 Å². The third-order valence-corrected chi connectivity index (χ3v) is 2.64. The number of carbonyl (C=O) groups is 1. The SMILES string of the molecule is CCOC(=O)c1ncn2c(Br)cccc12. The summed E-state index contributed by atoms with van der Waals surface area (Å²) >= 11 is 3.37. The average Bonchev–Trinajstić information content (AvgIpc) is 2.63. The lowest BCUT2D eigenvalue weighted by atomic mass is 10.3. The number of rotatable bonds is 2. The Morgan fingerprint density at radius 1 is 1.60 bits per heavy atom. The Kier molecular flexibility index (Phi) is 2.73. The first-order chi connectivity index (χ1) is 7.24. The fourth-order valence-corrected chi connectivity index (χ4v) is 1.78. The van der Waals surface area contributed by atoms with E-state index in [0.717, 1.165) is 10.1 Å². The molecule has 0 spiro atoms. The standard InChI is InChI=1S/C10H9BrN2O2/c1-2-15-10(14)9-7-4-3-5-8(11)13(7)6-12-9/h3-6H,2H2,1H3. The van der Waals surface area contributed by atoms with Crippen LogP contribution >= 0.6 is 15.9 Å². The Bertz CT molecular complexity index is 507. The Balaban J connectivity index is 2.54. The van der Waals surface area contributed by atoms with Crippen molar-refractivity contribution >= 4 is 27.4 Å². The average molecular weight is 269 g/mol. The van der Waals surface area contributed by atoms with Crippen molar-refractivity contribution in [3.8, 4) is 0 Å². The van der Waals surface area contributed by atoms with Gasteiger partial charge in [0.2, 0.25) is 0 Å². The molecule has 0 aromatic carbocycles. The summed E-state index contributed by atoms with van der Waals surface area (Å²) in [6, 6.07) is 5.55. The number of hydrogen-bond acceptors (Lipinski definition) is 3. The topological polar surface area (TPSA) is 43.6 Å². The minimum absolute atomic E-state index is 0.346. The highest BCUT2D eigenvalue weighted by Gasteiger charge is 2.14. The van der Waals surface area contributed by atoms with Crippen LogP contribution < -0.4 is 0 Å². The van der Waals surface area contributed by atoms with Crippen LogP contribution in [-0.4, -0.2) is 22.0 Å². The van der Waals surface area contributed by atoms with E-state index in [4.69, 9.17) is 4.74 Å². The third kappa shape index (κ3) is 1.74. The van der Waals surface area contributed by atoms with Crippen LogP contribution in [0.3, 0.4) is 0 Å². The summed E-state index contributed by atoms with van der Waals surface area (Å²) in [4.78, 5) is 15.6. The minimum atomic E-state index is -0.391. The van der Waals surface area contributed by atoms with Gasteiger partial charge in [0, 0.05) is 0 Å². The molecule has 2 aromatic heterocycles. The number of carbonyl (C=O) groups excluding carboxylic acids is 1. The fourth-order valence-electron chi connectivity index (χ4n) is 1.34. The van der Waals surface area contributed by atoms with Crippen LogP contribution in [-0.2, 0) is 4.74 Å². The van der Waals surface area contributed by atoms with Crippen molar-refractivity contribution in [1.82, 2.24) is 9.38 Å². The summed E-state index contributed by atoms with van der Waals surface area (Å²) in [7, 11) is 0. The lowest BCUT2D eigenvalue weighted by molar-refractivity contribution is 0.0522. The van der Waals surface area contributed by atoms with Crippen molar-refractivity contribution in [3.05, 3.63) is 34.8 Å². The van der Waals surface area contributed by atoms with Gasteiger partial charge in [-0.3, -0.25) is 4.40 Å². The number of pyridine rings is 1. The zero-order valence-corrected chi connectivity index (χ0v) is 9.69. The molecule has 0 aliphatic carbocycles. The molecular formula is C10H9BrN2O2. The van der Waals surface area contributed by atoms with E-state index in [1.807, 2.05) is 18.2 Å². The molecule has 78 valence electrons. The lowest BCUT2D eigenvalue weighted by Gasteiger charge is -1.99. The van der Waals surface area contributed by atoms with Crippen molar-refractivity contribution in [3.63, 3.8) is 0 Å². The molecular weight excluding hydrogens is 260 g/mol. The molecule has 4 nitrogen and oxygen atoms in total. The Morgan fingerprint density at radius 2 is 2.40 bits per heavy atom. The largest absolute Gasteiger partial charge is 0.461 e. The molecule has 2 heterocycles. The molecule has 0 bridgehead atoms. The van der Waals surface area contributed by atoms with Gasteiger partial charge in [-0.05, 0) is 35.0 Å². The lowest BCUT2D eigenvalue weighted by Crippen LogP contribution is -2.05. The van der Waals surface area contributed by atoms with Gasteiger partial charge in [0.1, 0.15) is 6.33 Å². The molecule has 0 amide bonds. The third-order valence-electron chi connectivity index (χ3n) is 1.99. The van der Waals surface area contributed by atoms with Gasteiger partial charge in [0.15, 0.2) is 5.69 Å².